The van der Waals surface area contributed by atoms with Crippen molar-refractivity contribution in [3.8, 4) is 22.5 Å². The van der Waals surface area contributed by atoms with Crippen molar-refractivity contribution in [2.75, 3.05) is 6.61 Å². The summed E-state index contributed by atoms with van der Waals surface area (Å²) in [5, 5.41) is 27.7. The van der Waals surface area contributed by atoms with E-state index in [9.17, 15) is 9.90 Å². The maximum atomic E-state index is 12.9. The van der Waals surface area contributed by atoms with E-state index in [2.05, 4.69) is 55.2 Å². The first kappa shape index (κ1) is 26.0. The monoisotopic (exact) mass is 570 g/mol. The number of fused-ring (bicyclic) bond motifs is 3. The number of pyridine rings is 1. The number of nitrogens with zero attached hydrogens (tertiary/aromatic N) is 4. The van der Waals surface area contributed by atoms with E-state index in [4.69, 9.17) is 16.3 Å². The Labute approximate surface area is 239 Å². The lowest BCUT2D eigenvalue weighted by Crippen LogP contribution is -2.26. The Morgan fingerprint density at radius 3 is 2.48 bits per heavy atom. The number of carbonyl (C=O) groups is 1. The molecule has 0 aliphatic heterocycles. The molecule has 40 heavy (non-hydrogen) atoms. The largest absolute Gasteiger partial charge is 0.449 e. The molecule has 3 aromatic carbocycles. The minimum atomic E-state index is -0.547. The topological polar surface area (TPSA) is 126 Å². The lowest BCUT2D eigenvalue weighted by molar-refractivity contribution is 0.142. The predicted molar refractivity (Wildman–Crippen MR) is 151 cm³/mol. The molecule has 1 aliphatic carbocycles. The normalized spacial score (nSPS) is 12.2. The fourth-order valence-electron chi connectivity index (χ4n) is 4.86. The summed E-state index contributed by atoms with van der Waals surface area (Å²) in [6, 6.07) is 23.5. The smallest absolute Gasteiger partial charge is 0.407 e. The number of tetrazole rings is 1. The predicted octanol–water partition coefficient (Wildman–Crippen LogP) is 5.60. The Hall–Kier alpha value is -4.25. The zero-order valence-corrected chi connectivity index (χ0v) is 22.6. The first-order valence-corrected chi connectivity index (χ1v) is 13.7. The molecule has 0 bridgehead atoms. The number of benzene rings is 3. The Kier molecular flexibility index (Phi) is 7.45. The summed E-state index contributed by atoms with van der Waals surface area (Å²) in [6.07, 6.45) is 1.10. The number of amides is 1. The van der Waals surface area contributed by atoms with Gasteiger partial charge in [0.2, 0.25) is 0 Å². The van der Waals surface area contributed by atoms with Gasteiger partial charge in [0.05, 0.1) is 11.6 Å². The van der Waals surface area contributed by atoms with Crippen LogP contribution in [0.15, 0.2) is 88.9 Å². The fraction of sp³-hybridized carbons (Fsp3) is 0.138. The average molecular weight is 571 g/mol. The maximum Gasteiger partial charge on any atom is 0.407 e. The molecule has 11 heteroatoms. The molecule has 0 fully saturated rings. The second-order valence-electron chi connectivity index (χ2n) is 9.10. The summed E-state index contributed by atoms with van der Waals surface area (Å²) in [6.45, 7) is 0.179. The zero-order chi connectivity index (χ0) is 27.5. The lowest BCUT2D eigenvalue weighted by Gasteiger charge is -2.16. The van der Waals surface area contributed by atoms with Crippen LogP contribution in [0.2, 0.25) is 5.02 Å². The van der Waals surface area contributed by atoms with Crippen molar-refractivity contribution in [3.63, 3.8) is 0 Å². The summed E-state index contributed by atoms with van der Waals surface area (Å²) in [5.74, 6) is 0.400. The van der Waals surface area contributed by atoms with Crippen molar-refractivity contribution >= 4 is 29.5 Å². The van der Waals surface area contributed by atoms with E-state index in [1.54, 1.807) is 24.4 Å². The number of hydrogen-bond acceptors (Lipinski definition) is 8. The van der Waals surface area contributed by atoms with Crippen LogP contribution >= 0.6 is 23.4 Å². The van der Waals surface area contributed by atoms with Gasteiger partial charge in [-0.25, -0.2) is 14.9 Å². The van der Waals surface area contributed by atoms with Crippen molar-refractivity contribution in [2.24, 2.45) is 0 Å². The van der Waals surface area contributed by atoms with Crippen LogP contribution in [0.1, 0.15) is 28.2 Å². The molecule has 6 rings (SSSR count). The SMILES string of the molecule is O=C(NCc1cc(-c2nnn[nH]2)cc(Cl)c1Sc1ncccc1CO)OCC1c2ccccc2-c2ccccc21. The molecule has 0 unspecified atom stereocenters. The molecule has 0 atom stereocenters. The minimum Gasteiger partial charge on any atom is -0.449 e. The summed E-state index contributed by atoms with van der Waals surface area (Å²) in [7, 11) is 0. The van der Waals surface area contributed by atoms with Gasteiger partial charge in [-0.05, 0) is 56.4 Å². The van der Waals surface area contributed by atoms with Crippen LogP contribution in [0.3, 0.4) is 0 Å². The Morgan fingerprint density at radius 2 is 1.77 bits per heavy atom. The molecule has 0 spiro atoms. The fourth-order valence-corrected chi connectivity index (χ4v) is 6.21. The highest BCUT2D eigenvalue weighted by atomic mass is 35.5. The minimum absolute atomic E-state index is 0.0398. The van der Waals surface area contributed by atoms with Gasteiger partial charge in [-0.15, -0.1) is 5.10 Å². The molecule has 5 aromatic rings. The average Bonchev–Trinajstić information content (AvgIpc) is 3.64. The number of aromatic amines is 1. The van der Waals surface area contributed by atoms with Crippen LogP contribution in [0.4, 0.5) is 4.79 Å². The highest BCUT2D eigenvalue weighted by molar-refractivity contribution is 7.99. The summed E-state index contributed by atoms with van der Waals surface area (Å²) >= 11 is 8.03. The number of carbonyl (C=O) groups excluding carboxylic acids is 1. The van der Waals surface area contributed by atoms with Crippen LogP contribution in [-0.4, -0.2) is 43.4 Å². The van der Waals surface area contributed by atoms with Crippen molar-refractivity contribution in [3.05, 3.63) is 106 Å². The van der Waals surface area contributed by atoms with Gasteiger partial charge in [-0.1, -0.05) is 78.0 Å². The van der Waals surface area contributed by atoms with Crippen molar-refractivity contribution in [1.29, 1.82) is 0 Å². The zero-order valence-electron chi connectivity index (χ0n) is 21.0. The number of rotatable bonds is 8. The van der Waals surface area contributed by atoms with Crippen LogP contribution in [0, 0.1) is 0 Å². The standard InChI is InChI=1S/C29H23ClN6O3S/c30-25-13-18(27-33-35-36-34-27)12-19(26(25)40-28-17(15-37)6-5-11-31-28)14-32-29(38)39-16-24-22-9-3-1-7-20(22)21-8-2-4-10-23(21)24/h1-13,24,37H,14-16H2,(H,32,38)(H,33,34,35,36). The van der Waals surface area contributed by atoms with E-state index in [1.807, 2.05) is 30.3 Å². The quantitative estimate of drug-likeness (QED) is 0.220. The molecule has 0 saturated carbocycles. The molecule has 2 aromatic heterocycles. The van der Waals surface area contributed by atoms with E-state index >= 15 is 0 Å². The number of alkyl carbamates (subject to hydrolysis) is 1. The Bertz CT molecular complexity index is 1640. The molecular weight excluding hydrogens is 548 g/mol. The number of ether oxygens (including phenoxy) is 1. The number of H-pyrrole nitrogens is 1. The molecule has 1 aliphatic rings. The van der Waals surface area contributed by atoms with Crippen LogP contribution in [0.5, 0.6) is 0 Å². The number of halogens is 1. The maximum absolute atomic E-state index is 12.9. The van der Waals surface area contributed by atoms with Crippen LogP contribution in [0.25, 0.3) is 22.5 Å². The van der Waals surface area contributed by atoms with Crippen molar-refractivity contribution < 1.29 is 14.6 Å². The molecule has 1 amide bonds. The third-order valence-electron chi connectivity index (χ3n) is 6.73. The van der Waals surface area contributed by atoms with Gasteiger partial charge in [-0.3, -0.25) is 0 Å². The third-order valence-corrected chi connectivity index (χ3v) is 8.38. The summed E-state index contributed by atoms with van der Waals surface area (Å²) in [5.41, 5.74) is 6.66. The number of hydrogen-bond donors (Lipinski definition) is 3. The van der Waals surface area contributed by atoms with Gasteiger partial charge < -0.3 is 15.2 Å². The Balaban J connectivity index is 1.21. The highest BCUT2D eigenvalue weighted by Crippen LogP contribution is 2.44. The molecule has 9 nitrogen and oxygen atoms in total. The molecule has 0 saturated heterocycles. The second kappa shape index (κ2) is 11.5. The van der Waals surface area contributed by atoms with E-state index in [1.165, 1.54) is 22.9 Å². The van der Waals surface area contributed by atoms with Crippen molar-refractivity contribution in [2.45, 2.75) is 29.0 Å². The molecule has 0 radical (unpaired) electrons. The van der Waals surface area contributed by atoms with Gasteiger partial charge in [0, 0.05) is 34.7 Å². The van der Waals surface area contributed by atoms with E-state index < -0.39 is 6.09 Å². The summed E-state index contributed by atoms with van der Waals surface area (Å²) < 4.78 is 5.72. The first-order chi connectivity index (χ1) is 19.6. The number of aliphatic hydroxyl groups excluding tert-OH is 1. The Morgan fingerprint density at radius 1 is 1.02 bits per heavy atom. The van der Waals surface area contributed by atoms with Gasteiger partial charge >= 0.3 is 6.09 Å². The molecular formula is C29H23ClN6O3S. The van der Waals surface area contributed by atoms with Gasteiger partial charge in [0.1, 0.15) is 11.6 Å². The van der Waals surface area contributed by atoms with Gasteiger partial charge in [0.15, 0.2) is 5.82 Å². The van der Waals surface area contributed by atoms with E-state index in [0.29, 0.717) is 37.5 Å². The third kappa shape index (κ3) is 5.16. The van der Waals surface area contributed by atoms with Crippen LogP contribution in [-0.2, 0) is 17.9 Å². The van der Waals surface area contributed by atoms with Crippen LogP contribution < -0.4 is 5.32 Å². The highest BCUT2D eigenvalue weighted by Gasteiger charge is 2.29. The summed E-state index contributed by atoms with van der Waals surface area (Å²) in [4.78, 5) is 18.0. The van der Waals surface area contributed by atoms with Crippen molar-refractivity contribution in [1.82, 2.24) is 30.9 Å². The lowest BCUT2D eigenvalue weighted by atomic mass is 9.98. The second-order valence-corrected chi connectivity index (χ2v) is 10.5. The number of aliphatic hydroxyl groups is 1. The van der Waals surface area contributed by atoms with Gasteiger partial charge in [0.25, 0.3) is 0 Å². The molecule has 200 valence electrons. The van der Waals surface area contributed by atoms with E-state index in [-0.39, 0.29) is 25.7 Å². The van der Waals surface area contributed by atoms with Gasteiger partial charge in [-0.2, -0.15) is 0 Å². The first-order valence-electron chi connectivity index (χ1n) is 12.5. The molecule has 2 heterocycles. The number of nitrogens with one attached hydrogen (secondary N) is 2. The molecule has 3 N–H and O–H groups in total. The number of aromatic nitrogens is 5. The van der Waals surface area contributed by atoms with E-state index in [0.717, 1.165) is 11.1 Å².